The van der Waals surface area contributed by atoms with Gasteiger partial charge in [0.1, 0.15) is 5.82 Å². The molecule has 2 aromatic rings. The van der Waals surface area contributed by atoms with Gasteiger partial charge in [0.25, 0.3) is 0 Å². The van der Waals surface area contributed by atoms with Crippen molar-refractivity contribution in [3.05, 3.63) is 59.9 Å². The highest BCUT2D eigenvalue weighted by molar-refractivity contribution is 5.83. The second-order valence-electron chi connectivity index (χ2n) is 8.55. The highest BCUT2D eigenvalue weighted by Crippen LogP contribution is 2.35. The van der Waals surface area contributed by atoms with Crippen molar-refractivity contribution in [1.82, 2.24) is 4.90 Å². The molecule has 3 rings (SSSR count). The number of hydrogen-bond acceptors (Lipinski definition) is 2. The highest BCUT2D eigenvalue weighted by atomic mass is 19.1. The summed E-state index contributed by atoms with van der Waals surface area (Å²) in [5, 5.41) is 0. The van der Waals surface area contributed by atoms with E-state index in [1.807, 2.05) is 44.2 Å². The molecule has 1 saturated heterocycles. The minimum atomic E-state index is -0.772. The molecule has 0 aromatic heterocycles. The Morgan fingerprint density at radius 1 is 1.14 bits per heavy atom. The zero-order valence-electron chi connectivity index (χ0n) is 17.2. The van der Waals surface area contributed by atoms with Gasteiger partial charge in [0.15, 0.2) is 0 Å². The summed E-state index contributed by atoms with van der Waals surface area (Å²) in [5.74, 6) is -0.294. The van der Waals surface area contributed by atoms with Gasteiger partial charge in [-0.15, -0.1) is 0 Å². The Balaban J connectivity index is 1.84. The first kappa shape index (κ1) is 21.0. The molecule has 1 atom stereocenters. The zero-order valence-corrected chi connectivity index (χ0v) is 17.2. The topological polar surface area (TPSA) is 63.4 Å². The lowest BCUT2D eigenvalue weighted by atomic mass is 9.74. The molecule has 0 radical (unpaired) electrons. The van der Waals surface area contributed by atoms with Crippen LogP contribution in [0.4, 0.5) is 4.39 Å². The van der Waals surface area contributed by atoms with Crippen molar-refractivity contribution in [2.75, 3.05) is 13.1 Å². The molecule has 1 aliphatic rings. The molecule has 2 N–H and O–H groups in total. The third kappa shape index (κ3) is 5.03. The van der Waals surface area contributed by atoms with E-state index in [-0.39, 0.29) is 23.5 Å². The number of benzene rings is 2. The standard InChI is InChI=1S/C24H29FN2O2/c1-17(2)12-22(28)27-11-5-10-24(16-27,23(26)29)15-18-6-3-7-19(13-18)20-8-4-9-21(25)14-20/h3-4,6-9,13-14,17H,5,10-12,15-16H2,1-2H3,(H2,26,29)/t24-/m1/s1. The number of carbonyl (C=O) groups excluding carboxylic acids is 2. The van der Waals surface area contributed by atoms with E-state index in [0.717, 1.165) is 23.1 Å². The maximum Gasteiger partial charge on any atom is 0.225 e. The Hall–Kier alpha value is -2.69. The first-order valence-corrected chi connectivity index (χ1v) is 10.2. The summed E-state index contributed by atoms with van der Waals surface area (Å²) in [7, 11) is 0. The van der Waals surface area contributed by atoms with E-state index in [2.05, 4.69) is 0 Å². The van der Waals surface area contributed by atoms with Crippen LogP contribution in [0.1, 0.15) is 38.7 Å². The van der Waals surface area contributed by atoms with Crippen molar-refractivity contribution in [3.8, 4) is 11.1 Å². The molecule has 2 aromatic carbocycles. The summed E-state index contributed by atoms with van der Waals surface area (Å²) in [5.41, 5.74) is 7.73. The predicted molar refractivity (Wildman–Crippen MR) is 112 cm³/mol. The number of primary amides is 1. The zero-order chi connectivity index (χ0) is 21.0. The summed E-state index contributed by atoms with van der Waals surface area (Å²) in [6.07, 6.45) is 2.37. The fraction of sp³-hybridized carbons (Fsp3) is 0.417. The van der Waals surface area contributed by atoms with E-state index >= 15 is 0 Å². The fourth-order valence-electron chi connectivity index (χ4n) is 4.18. The van der Waals surface area contributed by atoms with E-state index in [0.29, 0.717) is 32.4 Å². The van der Waals surface area contributed by atoms with Crippen LogP contribution in [0.5, 0.6) is 0 Å². The van der Waals surface area contributed by atoms with Gasteiger partial charge in [-0.25, -0.2) is 4.39 Å². The molecule has 0 bridgehead atoms. The molecule has 1 heterocycles. The Kier molecular flexibility index (Phi) is 6.36. The SMILES string of the molecule is CC(C)CC(=O)N1CCC[C@](Cc2cccc(-c3cccc(F)c3)c2)(C(N)=O)C1. The van der Waals surface area contributed by atoms with Crippen molar-refractivity contribution in [2.45, 2.75) is 39.5 Å². The van der Waals surface area contributed by atoms with Gasteiger partial charge in [-0.3, -0.25) is 9.59 Å². The van der Waals surface area contributed by atoms with Gasteiger partial charge in [0, 0.05) is 19.5 Å². The van der Waals surface area contributed by atoms with Gasteiger partial charge in [0.05, 0.1) is 5.41 Å². The van der Waals surface area contributed by atoms with Gasteiger partial charge in [-0.05, 0) is 54.0 Å². The van der Waals surface area contributed by atoms with Crippen molar-refractivity contribution in [2.24, 2.45) is 17.1 Å². The first-order valence-electron chi connectivity index (χ1n) is 10.2. The van der Waals surface area contributed by atoms with Crippen LogP contribution in [0.25, 0.3) is 11.1 Å². The first-order chi connectivity index (χ1) is 13.8. The largest absolute Gasteiger partial charge is 0.369 e. The summed E-state index contributed by atoms with van der Waals surface area (Å²) < 4.78 is 13.6. The fourth-order valence-corrected chi connectivity index (χ4v) is 4.18. The molecule has 154 valence electrons. The van der Waals surface area contributed by atoms with Gasteiger partial charge in [-0.2, -0.15) is 0 Å². The van der Waals surface area contributed by atoms with Crippen LogP contribution in [0, 0.1) is 17.2 Å². The Morgan fingerprint density at radius 3 is 2.48 bits per heavy atom. The number of hydrogen-bond donors (Lipinski definition) is 1. The molecule has 1 aliphatic heterocycles. The number of halogens is 1. The normalized spacial score (nSPS) is 19.4. The van der Waals surface area contributed by atoms with Crippen LogP contribution < -0.4 is 5.73 Å². The maximum absolute atomic E-state index is 13.6. The summed E-state index contributed by atoms with van der Waals surface area (Å²) in [6.45, 7) is 5.06. The number of piperidine rings is 1. The summed E-state index contributed by atoms with van der Waals surface area (Å²) in [4.78, 5) is 26.9. The van der Waals surface area contributed by atoms with E-state index in [9.17, 15) is 14.0 Å². The van der Waals surface area contributed by atoms with E-state index in [1.165, 1.54) is 12.1 Å². The van der Waals surface area contributed by atoms with Crippen molar-refractivity contribution in [3.63, 3.8) is 0 Å². The Labute approximate surface area is 171 Å². The molecule has 29 heavy (non-hydrogen) atoms. The van der Waals surface area contributed by atoms with Crippen LogP contribution >= 0.6 is 0 Å². The lowest BCUT2D eigenvalue weighted by Gasteiger charge is -2.41. The van der Waals surface area contributed by atoms with Gasteiger partial charge in [-0.1, -0.05) is 50.2 Å². The molecular weight excluding hydrogens is 367 g/mol. The van der Waals surface area contributed by atoms with E-state index < -0.39 is 5.41 Å². The van der Waals surface area contributed by atoms with Crippen molar-refractivity contribution >= 4 is 11.8 Å². The van der Waals surface area contributed by atoms with Crippen LogP contribution in [-0.2, 0) is 16.0 Å². The number of amides is 2. The third-order valence-electron chi connectivity index (χ3n) is 5.66. The smallest absolute Gasteiger partial charge is 0.225 e. The number of nitrogens with two attached hydrogens (primary N) is 1. The predicted octanol–water partition coefficient (Wildman–Crippen LogP) is 4.18. The van der Waals surface area contributed by atoms with E-state index in [1.54, 1.807) is 11.0 Å². The van der Waals surface area contributed by atoms with E-state index in [4.69, 9.17) is 5.73 Å². The molecule has 4 nitrogen and oxygen atoms in total. The van der Waals surface area contributed by atoms with Crippen LogP contribution in [0.2, 0.25) is 0 Å². The maximum atomic E-state index is 13.6. The third-order valence-corrected chi connectivity index (χ3v) is 5.66. The molecule has 0 saturated carbocycles. The van der Waals surface area contributed by atoms with Crippen LogP contribution in [-0.4, -0.2) is 29.8 Å². The Bertz CT molecular complexity index is 896. The minimum Gasteiger partial charge on any atom is -0.369 e. The highest BCUT2D eigenvalue weighted by Gasteiger charge is 2.42. The average molecular weight is 397 g/mol. The van der Waals surface area contributed by atoms with Crippen molar-refractivity contribution in [1.29, 1.82) is 0 Å². The second-order valence-corrected chi connectivity index (χ2v) is 8.55. The summed E-state index contributed by atoms with van der Waals surface area (Å²) in [6, 6.07) is 14.2. The number of rotatable bonds is 6. The lowest BCUT2D eigenvalue weighted by Crippen LogP contribution is -2.53. The molecule has 1 fully saturated rings. The van der Waals surface area contributed by atoms with Gasteiger partial charge < -0.3 is 10.6 Å². The summed E-state index contributed by atoms with van der Waals surface area (Å²) >= 11 is 0. The van der Waals surface area contributed by atoms with Crippen molar-refractivity contribution < 1.29 is 14.0 Å². The minimum absolute atomic E-state index is 0.0823. The Morgan fingerprint density at radius 2 is 1.83 bits per heavy atom. The van der Waals surface area contributed by atoms with Crippen LogP contribution in [0.15, 0.2) is 48.5 Å². The quantitative estimate of drug-likeness (QED) is 0.796. The van der Waals surface area contributed by atoms with Gasteiger partial charge >= 0.3 is 0 Å². The molecule has 2 amide bonds. The molecule has 5 heteroatoms. The monoisotopic (exact) mass is 396 g/mol. The molecule has 0 spiro atoms. The second kappa shape index (κ2) is 8.76. The molecule has 0 unspecified atom stereocenters. The number of nitrogens with zero attached hydrogens (tertiary/aromatic N) is 1. The molecule has 0 aliphatic carbocycles. The number of carbonyl (C=O) groups is 2. The molecular formula is C24H29FN2O2. The van der Waals surface area contributed by atoms with Crippen LogP contribution in [0.3, 0.4) is 0 Å². The lowest BCUT2D eigenvalue weighted by molar-refractivity contribution is -0.140. The number of likely N-dealkylation sites (tertiary alicyclic amines) is 1. The average Bonchev–Trinajstić information content (AvgIpc) is 2.68. The van der Waals surface area contributed by atoms with Gasteiger partial charge in [0.2, 0.25) is 11.8 Å².